The summed E-state index contributed by atoms with van der Waals surface area (Å²) in [5, 5.41) is 0. The van der Waals surface area contributed by atoms with Crippen LogP contribution in [0, 0.1) is 0 Å². The molecule has 1 rings (SSSR count). The standard InChI is InChI=1S/C11H11NO5/c1-16-9(13)4-5-10(14)17-11(15)8-3-2-6-12-7-8/h2-3,6-7H,4-5H2,1H3. The smallest absolute Gasteiger partial charge is 0.347 e. The van der Waals surface area contributed by atoms with Crippen molar-refractivity contribution in [2.24, 2.45) is 0 Å². The first-order valence-electron chi connectivity index (χ1n) is 4.85. The van der Waals surface area contributed by atoms with Crippen LogP contribution in [-0.2, 0) is 19.1 Å². The number of methoxy groups -OCH3 is 1. The average molecular weight is 237 g/mol. The molecule has 0 unspecified atom stereocenters. The Kier molecular flexibility index (Phi) is 4.80. The molecule has 0 bridgehead atoms. The molecule has 0 fully saturated rings. The first-order valence-corrected chi connectivity index (χ1v) is 4.85. The summed E-state index contributed by atoms with van der Waals surface area (Å²) < 4.78 is 8.85. The summed E-state index contributed by atoms with van der Waals surface area (Å²) >= 11 is 0. The molecule has 0 N–H and O–H groups in total. The van der Waals surface area contributed by atoms with Crippen molar-refractivity contribution in [3.05, 3.63) is 30.1 Å². The van der Waals surface area contributed by atoms with E-state index in [1.807, 2.05) is 0 Å². The molecule has 0 saturated heterocycles. The van der Waals surface area contributed by atoms with Crippen LogP contribution in [0.25, 0.3) is 0 Å². The maximum atomic E-state index is 11.4. The highest BCUT2D eigenvalue weighted by molar-refractivity contribution is 5.96. The third kappa shape index (κ3) is 4.42. The minimum absolute atomic E-state index is 0.115. The van der Waals surface area contributed by atoms with Crippen LogP contribution >= 0.6 is 0 Å². The van der Waals surface area contributed by atoms with Gasteiger partial charge in [-0.2, -0.15) is 0 Å². The molecule has 0 aromatic carbocycles. The van der Waals surface area contributed by atoms with Gasteiger partial charge in [-0.3, -0.25) is 14.6 Å². The zero-order valence-electron chi connectivity index (χ0n) is 9.21. The Morgan fingerprint density at radius 3 is 2.53 bits per heavy atom. The SMILES string of the molecule is COC(=O)CCC(=O)OC(=O)c1cccnc1. The lowest BCUT2D eigenvalue weighted by molar-refractivity contribution is -0.146. The first kappa shape index (κ1) is 12.8. The molecule has 0 amide bonds. The van der Waals surface area contributed by atoms with Crippen LogP contribution in [0.3, 0.4) is 0 Å². The van der Waals surface area contributed by atoms with Gasteiger partial charge in [0.15, 0.2) is 0 Å². The third-order valence-corrected chi connectivity index (χ3v) is 1.86. The molecule has 1 aromatic rings. The monoisotopic (exact) mass is 237 g/mol. The van der Waals surface area contributed by atoms with Crippen molar-refractivity contribution in [1.82, 2.24) is 4.98 Å². The number of carbonyl (C=O) groups is 3. The molecular weight excluding hydrogens is 226 g/mol. The van der Waals surface area contributed by atoms with Gasteiger partial charge >= 0.3 is 17.9 Å². The quantitative estimate of drug-likeness (QED) is 0.566. The number of nitrogens with zero attached hydrogens (tertiary/aromatic N) is 1. The van der Waals surface area contributed by atoms with E-state index in [0.29, 0.717) is 0 Å². The van der Waals surface area contributed by atoms with E-state index in [1.165, 1.54) is 25.6 Å². The normalized spacial score (nSPS) is 9.47. The van der Waals surface area contributed by atoms with Crippen molar-refractivity contribution in [1.29, 1.82) is 0 Å². The Morgan fingerprint density at radius 2 is 1.94 bits per heavy atom. The molecule has 90 valence electrons. The Labute approximate surface area is 97.6 Å². The molecule has 0 aliphatic rings. The van der Waals surface area contributed by atoms with Crippen molar-refractivity contribution in [3.8, 4) is 0 Å². The topological polar surface area (TPSA) is 82.6 Å². The number of hydrogen-bond donors (Lipinski definition) is 0. The predicted molar refractivity (Wildman–Crippen MR) is 55.9 cm³/mol. The lowest BCUT2D eigenvalue weighted by atomic mass is 10.3. The van der Waals surface area contributed by atoms with Gasteiger partial charge in [0.1, 0.15) is 0 Å². The first-order chi connectivity index (χ1) is 8.13. The van der Waals surface area contributed by atoms with Gasteiger partial charge in [0.25, 0.3) is 0 Å². The second-order valence-electron chi connectivity index (χ2n) is 3.08. The lowest BCUT2D eigenvalue weighted by Gasteiger charge is -2.02. The number of rotatable bonds is 4. The van der Waals surface area contributed by atoms with Crippen LogP contribution in [0.2, 0.25) is 0 Å². The van der Waals surface area contributed by atoms with Crippen LogP contribution in [0.4, 0.5) is 0 Å². The largest absolute Gasteiger partial charge is 0.469 e. The molecule has 17 heavy (non-hydrogen) atoms. The summed E-state index contributed by atoms with van der Waals surface area (Å²) in [5.41, 5.74) is 0.180. The highest BCUT2D eigenvalue weighted by Gasteiger charge is 2.14. The van der Waals surface area contributed by atoms with Gasteiger partial charge in [0.05, 0.1) is 25.5 Å². The summed E-state index contributed by atoms with van der Waals surface area (Å²) in [6.07, 6.45) is 2.47. The van der Waals surface area contributed by atoms with Gasteiger partial charge in [-0.25, -0.2) is 4.79 Å². The highest BCUT2D eigenvalue weighted by atomic mass is 16.6. The number of esters is 3. The molecule has 1 heterocycles. The van der Waals surface area contributed by atoms with Gasteiger partial charge in [-0.15, -0.1) is 0 Å². The molecule has 1 aromatic heterocycles. The van der Waals surface area contributed by atoms with Crippen LogP contribution in [0.5, 0.6) is 0 Å². The summed E-state index contributed by atoms with van der Waals surface area (Å²) in [6, 6.07) is 3.03. The molecular formula is C11H11NO5. The van der Waals surface area contributed by atoms with E-state index >= 15 is 0 Å². The van der Waals surface area contributed by atoms with E-state index < -0.39 is 17.9 Å². The maximum absolute atomic E-state index is 11.4. The summed E-state index contributed by atoms with van der Waals surface area (Å²) in [4.78, 5) is 37.0. The number of pyridine rings is 1. The summed E-state index contributed by atoms with van der Waals surface area (Å²) in [7, 11) is 1.22. The predicted octanol–water partition coefficient (Wildman–Crippen LogP) is 0.718. The van der Waals surface area contributed by atoms with Gasteiger partial charge in [0.2, 0.25) is 0 Å². The number of carbonyl (C=O) groups excluding carboxylic acids is 3. The van der Waals surface area contributed by atoms with Gasteiger partial charge < -0.3 is 9.47 Å². The Morgan fingerprint density at radius 1 is 1.24 bits per heavy atom. The van der Waals surface area contributed by atoms with Gasteiger partial charge in [-0.1, -0.05) is 0 Å². The Balaban J connectivity index is 2.42. The fourth-order valence-corrected chi connectivity index (χ4v) is 1.00. The van der Waals surface area contributed by atoms with Crippen LogP contribution < -0.4 is 0 Å². The van der Waals surface area contributed by atoms with E-state index in [9.17, 15) is 14.4 Å². The Hall–Kier alpha value is -2.24. The molecule has 0 aliphatic heterocycles. The summed E-state index contributed by atoms with van der Waals surface area (Å²) in [6.45, 7) is 0. The van der Waals surface area contributed by atoms with Crippen LogP contribution in [0.15, 0.2) is 24.5 Å². The van der Waals surface area contributed by atoms with Crippen molar-refractivity contribution >= 4 is 17.9 Å². The van der Waals surface area contributed by atoms with Gasteiger partial charge in [0, 0.05) is 12.4 Å². The second kappa shape index (κ2) is 6.37. The van der Waals surface area contributed by atoms with Crippen molar-refractivity contribution in [3.63, 3.8) is 0 Å². The van der Waals surface area contributed by atoms with E-state index in [1.54, 1.807) is 6.07 Å². The second-order valence-corrected chi connectivity index (χ2v) is 3.08. The van der Waals surface area contributed by atoms with E-state index in [2.05, 4.69) is 14.5 Å². The average Bonchev–Trinajstić information content (AvgIpc) is 2.36. The number of aromatic nitrogens is 1. The van der Waals surface area contributed by atoms with Crippen molar-refractivity contribution < 1.29 is 23.9 Å². The zero-order valence-corrected chi connectivity index (χ0v) is 9.21. The van der Waals surface area contributed by atoms with E-state index in [0.717, 1.165) is 0 Å². The molecule has 6 nitrogen and oxygen atoms in total. The van der Waals surface area contributed by atoms with Gasteiger partial charge in [-0.05, 0) is 12.1 Å². The van der Waals surface area contributed by atoms with Crippen molar-refractivity contribution in [2.45, 2.75) is 12.8 Å². The lowest BCUT2D eigenvalue weighted by Crippen LogP contribution is -2.14. The minimum Gasteiger partial charge on any atom is -0.469 e. The fraction of sp³-hybridized carbons (Fsp3) is 0.273. The molecule has 0 saturated carbocycles. The van der Waals surface area contributed by atoms with Crippen molar-refractivity contribution in [2.75, 3.05) is 7.11 Å². The Bertz CT molecular complexity index is 415. The maximum Gasteiger partial charge on any atom is 0.347 e. The van der Waals surface area contributed by atoms with E-state index in [4.69, 9.17) is 0 Å². The molecule has 0 radical (unpaired) electrons. The molecule has 6 heteroatoms. The fourth-order valence-electron chi connectivity index (χ4n) is 1.00. The highest BCUT2D eigenvalue weighted by Crippen LogP contribution is 2.02. The molecule has 0 aliphatic carbocycles. The molecule has 0 spiro atoms. The number of hydrogen-bond acceptors (Lipinski definition) is 6. The third-order valence-electron chi connectivity index (χ3n) is 1.86. The molecule has 0 atom stereocenters. The minimum atomic E-state index is -0.784. The summed E-state index contributed by atoms with van der Waals surface area (Å²) in [5.74, 6) is -2.09. The van der Waals surface area contributed by atoms with Crippen LogP contribution in [-0.4, -0.2) is 30.0 Å². The zero-order chi connectivity index (χ0) is 12.7. The van der Waals surface area contributed by atoms with Crippen LogP contribution in [0.1, 0.15) is 23.2 Å². The number of ether oxygens (including phenoxy) is 2. The van der Waals surface area contributed by atoms with E-state index in [-0.39, 0.29) is 18.4 Å².